The van der Waals surface area contributed by atoms with Crippen LogP contribution in [0.2, 0.25) is 0 Å². The maximum atomic E-state index is 8.52. The Morgan fingerprint density at radius 3 is 3.21 bits per heavy atom. The van der Waals surface area contributed by atoms with E-state index in [1.807, 2.05) is 23.6 Å². The Kier molecular flexibility index (Phi) is 3.25. The van der Waals surface area contributed by atoms with Gasteiger partial charge in [0.15, 0.2) is 12.0 Å². The molecule has 0 saturated heterocycles. The number of nitrogens with zero attached hydrogens (tertiary/aromatic N) is 3. The number of unbranched alkanes of at least 4 members (excludes halogenated alkanes) is 1. The van der Waals surface area contributed by atoms with Crippen LogP contribution in [0.1, 0.15) is 17.8 Å². The van der Waals surface area contributed by atoms with Crippen LogP contribution in [0.5, 0.6) is 0 Å². The number of fused-ring (bicyclic) bond motifs is 1. The van der Waals surface area contributed by atoms with Gasteiger partial charge in [0.25, 0.3) is 0 Å². The molecule has 19 heavy (non-hydrogen) atoms. The maximum Gasteiger partial charge on any atom is 0.181 e. The van der Waals surface area contributed by atoms with Crippen molar-refractivity contribution in [3.05, 3.63) is 35.0 Å². The minimum atomic E-state index is 0.582. The van der Waals surface area contributed by atoms with Crippen LogP contribution in [0.15, 0.2) is 34.4 Å². The molecule has 2 heterocycles. The monoisotopic (exact) mass is 269 g/mol. The molecule has 0 amide bonds. The van der Waals surface area contributed by atoms with Crippen LogP contribution in [-0.4, -0.2) is 9.97 Å². The molecule has 0 radical (unpaired) electrons. The van der Waals surface area contributed by atoms with E-state index < -0.39 is 0 Å². The summed E-state index contributed by atoms with van der Waals surface area (Å²) in [6.45, 7) is 0. The number of oxazole rings is 1. The fourth-order valence-electron chi connectivity index (χ4n) is 1.89. The van der Waals surface area contributed by atoms with Gasteiger partial charge < -0.3 is 4.42 Å². The lowest BCUT2D eigenvalue weighted by Gasteiger charge is -1.96. The van der Waals surface area contributed by atoms with Gasteiger partial charge in [0, 0.05) is 23.8 Å². The first-order valence-electron chi connectivity index (χ1n) is 6.02. The van der Waals surface area contributed by atoms with Gasteiger partial charge in [-0.25, -0.2) is 9.97 Å². The Hall–Kier alpha value is -2.19. The molecule has 0 fully saturated rings. The van der Waals surface area contributed by atoms with Crippen molar-refractivity contribution in [2.45, 2.75) is 19.3 Å². The number of hydrogen-bond donors (Lipinski definition) is 0. The molecule has 0 atom stereocenters. The zero-order valence-corrected chi connectivity index (χ0v) is 11.0. The molecule has 0 aliphatic rings. The number of aromatic nitrogens is 2. The first kappa shape index (κ1) is 11.9. The summed E-state index contributed by atoms with van der Waals surface area (Å²) in [6.07, 6.45) is 3.76. The van der Waals surface area contributed by atoms with E-state index in [0.717, 1.165) is 40.2 Å². The van der Waals surface area contributed by atoms with E-state index in [9.17, 15) is 0 Å². The van der Waals surface area contributed by atoms with Crippen molar-refractivity contribution in [3.63, 3.8) is 0 Å². The normalized spacial score (nSPS) is 10.7. The third kappa shape index (κ3) is 2.49. The van der Waals surface area contributed by atoms with Crippen molar-refractivity contribution in [1.29, 1.82) is 5.26 Å². The number of aryl methyl sites for hydroxylation is 1. The minimum Gasteiger partial charge on any atom is -0.443 e. The van der Waals surface area contributed by atoms with Crippen molar-refractivity contribution in [2.24, 2.45) is 0 Å². The van der Waals surface area contributed by atoms with E-state index in [1.165, 1.54) is 6.39 Å². The van der Waals surface area contributed by atoms with Crippen molar-refractivity contribution in [2.75, 3.05) is 0 Å². The van der Waals surface area contributed by atoms with E-state index in [4.69, 9.17) is 9.68 Å². The second kappa shape index (κ2) is 5.21. The predicted molar refractivity (Wildman–Crippen MR) is 73.7 cm³/mol. The van der Waals surface area contributed by atoms with Crippen LogP contribution in [0, 0.1) is 11.3 Å². The highest BCUT2D eigenvalue weighted by Gasteiger charge is 2.07. The van der Waals surface area contributed by atoms with Crippen LogP contribution < -0.4 is 0 Å². The molecule has 2 aromatic heterocycles. The second-order valence-corrected chi connectivity index (χ2v) is 5.12. The molecule has 0 aliphatic carbocycles. The molecule has 0 spiro atoms. The quantitative estimate of drug-likeness (QED) is 0.676. The molecule has 4 nitrogen and oxygen atoms in total. The number of nitriles is 1. The zero-order chi connectivity index (χ0) is 13.1. The van der Waals surface area contributed by atoms with Crippen LogP contribution in [0.4, 0.5) is 0 Å². The first-order valence-corrected chi connectivity index (χ1v) is 6.90. The van der Waals surface area contributed by atoms with Gasteiger partial charge in [0.05, 0.1) is 16.8 Å². The van der Waals surface area contributed by atoms with Crippen molar-refractivity contribution in [1.82, 2.24) is 9.97 Å². The summed E-state index contributed by atoms with van der Waals surface area (Å²) in [5, 5.41) is 11.6. The molecular formula is C14H11N3OS. The van der Waals surface area contributed by atoms with Crippen LogP contribution in [0.3, 0.4) is 0 Å². The highest BCUT2D eigenvalue weighted by Crippen LogP contribution is 2.25. The average Bonchev–Trinajstić information content (AvgIpc) is 3.06. The highest BCUT2D eigenvalue weighted by molar-refractivity contribution is 7.09. The Balaban J connectivity index is 1.83. The van der Waals surface area contributed by atoms with E-state index in [0.29, 0.717) is 6.42 Å². The van der Waals surface area contributed by atoms with Gasteiger partial charge >= 0.3 is 0 Å². The Labute approximate surface area is 114 Å². The Morgan fingerprint density at radius 2 is 2.32 bits per heavy atom. The summed E-state index contributed by atoms with van der Waals surface area (Å²) in [7, 11) is 0. The van der Waals surface area contributed by atoms with Gasteiger partial charge in [-0.2, -0.15) is 5.26 Å². The molecule has 0 aliphatic heterocycles. The lowest BCUT2D eigenvalue weighted by atomic mass is 10.1. The van der Waals surface area contributed by atoms with Gasteiger partial charge in [-0.1, -0.05) is 6.07 Å². The Morgan fingerprint density at radius 1 is 1.37 bits per heavy atom. The Bertz CT molecular complexity index is 738. The fourth-order valence-corrected chi connectivity index (χ4v) is 2.74. The molecule has 3 rings (SSSR count). The number of thiazole rings is 1. The van der Waals surface area contributed by atoms with Crippen LogP contribution >= 0.6 is 11.3 Å². The molecule has 3 aromatic rings. The van der Waals surface area contributed by atoms with Crippen molar-refractivity contribution >= 4 is 22.4 Å². The van der Waals surface area contributed by atoms with Gasteiger partial charge in [0.1, 0.15) is 5.52 Å². The molecular weight excluding hydrogens is 258 g/mol. The van der Waals surface area contributed by atoms with Crippen LogP contribution in [0.25, 0.3) is 22.4 Å². The fraction of sp³-hybridized carbons (Fsp3) is 0.214. The van der Waals surface area contributed by atoms with Gasteiger partial charge in [-0.3, -0.25) is 0 Å². The highest BCUT2D eigenvalue weighted by atomic mass is 32.1. The van der Waals surface area contributed by atoms with E-state index in [1.54, 1.807) is 11.3 Å². The second-order valence-electron chi connectivity index (χ2n) is 4.17. The van der Waals surface area contributed by atoms with E-state index in [-0.39, 0.29) is 0 Å². The summed E-state index contributed by atoms with van der Waals surface area (Å²) in [4.78, 5) is 8.68. The lowest BCUT2D eigenvalue weighted by Crippen LogP contribution is -1.84. The number of hydrogen-bond acceptors (Lipinski definition) is 5. The third-order valence-corrected chi connectivity index (χ3v) is 3.77. The lowest BCUT2D eigenvalue weighted by molar-refractivity contribution is 0.602. The summed E-state index contributed by atoms with van der Waals surface area (Å²) in [6, 6.07) is 8.04. The van der Waals surface area contributed by atoms with Gasteiger partial charge in [0.2, 0.25) is 0 Å². The maximum absolute atomic E-state index is 8.52. The molecule has 1 aromatic carbocycles. The van der Waals surface area contributed by atoms with Gasteiger partial charge in [-0.15, -0.1) is 11.3 Å². The standard InChI is InChI=1S/C14H11N3OS/c15-6-2-1-3-14-17-12(8-19-14)10-4-5-11-13(7-10)18-9-16-11/h4-5,7-9H,1-3H2. The summed E-state index contributed by atoms with van der Waals surface area (Å²) < 4.78 is 5.29. The zero-order valence-electron chi connectivity index (χ0n) is 10.2. The van der Waals surface area contributed by atoms with Crippen molar-refractivity contribution in [3.8, 4) is 17.3 Å². The van der Waals surface area contributed by atoms with E-state index in [2.05, 4.69) is 16.0 Å². The topological polar surface area (TPSA) is 62.7 Å². The summed E-state index contributed by atoms with van der Waals surface area (Å²) >= 11 is 1.64. The molecule has 0 unspecified atom stereocenters. The molecule has 5 heteroatoms. The SMILES string of the molecule is N#CCCCc1nc(-c2ccc3ncoc3c2)cs1. The van der Waals surface area contributed by atoms with Gasteiger partial charge in [-0.05, 0) is 18.6 Å². The predicted octanol–water partition coefficient (Wildman–Crippen LogP) is 3.80. The largest absolute Gasteiger partial charge is 0.443 e. The smallest absolute Gasteiger partial charge is 0.181 e. The molecule has 0 N–H and O–H groups in total. The number of rotatable bonds is 4. The average molecular weight is 269 g/mol. The van der Waals surface area contributed by atoms with E-state index >= 15 is 0 Å². The number of benzene rings is 1. The molecule has 0 bridgehead atoms. The first-order chi connectivity index (χ1) is 9.36. The molecule has 94 valence electrons. The third-order valence-electron chi connectivity index (χ3n) is 2.86. The minimum absolute atomic E-state index is 0.582. The van der Waals surface area contributed by atoms with Crippen molar-refractivity contribution < 1.29 is 4.42 Å². The van der Waals surface area contributed by atoms with Crippen LogP contribution in [-0.2, 0) is 6.42 Å². The molecule has 0 saturated carbocycles. The summed E-state index contributed by atoms with van der Waals surface area (Å²) in [5.41, 5.74) is 3.62. The summed E-state index contributed by atoms with van der Waals surface area (Å²) in [5.74, 6) is 0.